The second-order valence-corrected chi connectivity index (χ2v) is 5.39. The molecule has 0 aliphatic heterocycles. The van der Waals surface area contributed by atoms with Crippen LogP contribution in [0.2, 0.25) is 0 Å². The van der Waals surface area contributed by atoms with Crippen LogP contribution >= 0.6 is 0 Å². The maximum Gasteiger partial charge on any atom is 0 e. The summed E-state index contributed by atoms with van der Waals surface area (Å²) in [6, 6.07) is 11.0. The molecule has 93 valence electrons. The minimum Gasteiger partial charge on any atom is -0.262 e. The average Bonchev–Trinajstić information content (AvgIpc) is 2.39. The average molecular weight is 315 g/mol. The third-order valence-corrected chi connectivity index (χ3v) is 3.97. The Bertz CT molecular complexity index is 383. The minimum atomic E-state index is 0. The molecule has 2 rings (SSSR count). The van der Waals surface area contributed by atoms with E-state index in [4.69, 9.17) is 5.26 Å². The zero-order chi connectivity index (χ0) is 12.1. The van der Waals surface area contributed by atoms with Gasteiger partial charge < -0.3 is 0 Å². The fraction of sp³-hybridized carbons (Fsp3) is 0.562. The summed E-state index contributed by atoms with van der Waals surface area (Å²) in [6.45, 7) is 2.37. The summed E-state index contributed by atoms with van der Waals surface area (Å²) >= 11 is 0. The predicted molar refractivity (Wildman–Crippen MR) is 69.4 cm³/mol. The number of hydrogen-bond donors (Lipinski definition) is 0. The number of benzene rings is 1. The van der Waals surface area contributed by atoms with Crippen molar-refractivity contribution >= 4 is 0 Å². The van der Waals surface area contributed by atoms with E-state index in [0.29, 0.717) is 5.56 Å². The van der Waals surface area contributed by atoms with E-state index < -0.39 is 0 Å². The van der Waals surface area contributed by atoms with Gasteiger partial charge in [0.05, 0.1) is 0 Å². The molecule has 0 N–H and O–H groups in total. The van der Waals surface area contributed by atoms with E-state index in [1.807, 2.05) is 12.1 Å². The van der Waals surface area contributed by atoms with Crippen molar-refractivity contribution in [3.8, 4) is 6.07 Å². The van der Waals surface area contributed by atoms with E-state index in [1.165, 1.54) is 37.7 Å². The van der Waals surface area contributed by atoms with Gasteiger partial charge in [-0.25, -0.2) is 0 Å². The van der Waals surface area contributed by atoms with Crippen molar-refractivity contribution in [3.63, 3.8) is 0 Å². The van der Waals surface area contributed by atoms with Gasteiger partial charge in [-0.05, 0) is 17.9 Å². The van der Waals surface area contributed by atoms with Gasteiger partial charge in [-0.3, -0.25) is 5.26 Å². The Labute approximate surface area is 136 Å². The number of nitriles is 1. The van der Waals surface area contributed by atoms with Crippen LogP contribution in [-0.2, 0) is 39.1 Å². The van der Waals surface area contributed by atoms with Crippen molar-refractivity contribution in [3.05, 3.63) is 35.4 Å². The molecule has 1 aliphatic rings. The van der Waals surface area contributed by atoms with E-state index in [1.54, 1.807) is 0 Å². The molecule has 0 unspecified atom stereocenters. The van der Waals surface area contributed by atoms with Crippen molar-refractivity contribution in [1.82, 2.24) is 0 Å². The summed E-state index contributed by atoms with van der Waals surface area (Å²) in [5.41, 5.74) is 1.96. The Morgan fingerprint density at radius 3 is 2.56 bits per heavy atom. The molecule has 0 bridgehead atoms. The van der Waals surface area contributed by atoms with Crippen molar-refractivity contribution < 1.29 is 32.7 Å². The zero-order valence-electron chi connectivity index (χ0n) is 11.2. The van der Waals surface area contributed by atoms with E-state index in [-0.39, 0.29) is 32.7 Å². The van der Waals surface area contributed by atoms with Crippen LogP contribution in [0.3, 0.4) is 0 Å². The third kappa shape index (κ3) is 4.83. The first-order valence-electron chi connectivity index (χ1n) is 6.68. The monoisotopic (exact) mass is 315 g/mol. The molecule has 1 aromatic rings. The maximum atomic E-state index is 8.71. The van der Waals surface area contributed by atoms with Crippen LogP contribution in [0.5, 0.6) is 0 Å². The van der Waals surface area contributed by atoms with Gasteiger partial charge in [0.15, 0.2) is 0 Å². The summed E-state index contributed by atoms with van der Waals surface area (Å²) in [6.07, 6.45) is 8.06. The predicted octanol–water partition coefficient (Wildman–Crippen LogP) is 4.11. The first kappa shape index (κ1) is 15.9. The molecule has 0 heterocycles. The molecule has 1 fully saturated rings. The molecule has 0 amide bonds. The molecule has 2 heteroatoms. The van der Waals surface area contributed by atoms with Gasteiger partial charge in [0.2, 0.25) is 0 Å². The van der Waals surface area contributed by atoms with E-state index in [0.717, 1.165) is 18.3 Å². The van der Waals surface area contributed by atoms with Crippen LogP contribution in [0.15, 0.2) is 18.2 Å². The van der Waals surface area contributed by atoms with Crippen LogP contribution in [0.25, 0.3) is 0 Å². The van der Waals surface area contributed by atoms with Crippen LogP contribution in [0.4, 0.5) is 0 Å². The Kier molecular flexibility index (Phi) is 7.12. The second kappa shape index (κ2) is 8.08. The van der Waals surface area contributed by atoms with Crippen molar-refractivity contribution in [2.75, 3.05) is 0 Å². The number of aryl methyl sites for hydroxylation is 1. The first-order valence-corrected chi connectivity index (χ1v) is 6.68. The van der Waals surface area contributed by atoms with Gasteiger partial charge in [0, 0.05) is 32.7 Å². The van der Waals surface area contributed by atoms with Crippen LogP contribution in [-0.4, -0.2) is 0 Å². The molecule has 0 spiro atoms. The second-order valence-electron chi connectivity index (χ2n) is 5.39. The SMILES string of the molecule is CC1CCC(CCc2c[c-]c(C#N)cc2)CC1.[Y]. The smallest absolute Gasteiger partial charge is 0 e. The molecule has 1 aromatic carbocycles. The maximum absolute atomic E-state index is 8.71. The van der Waals surface area contributed by atoms with E-state index >= 15 is 0 Å². The number of hydrogen-bond acceptors (Lipinski definition) is 1. The summed E-state index contributed by atoms with van der Waals surface area (Å²) in [5.74, 6) is 1.86. The normalized spacial score (nSPS) is 22.9. The van der Waals surface area contributed by atoms with Crippen molar-refractivity contribution in [1.29, 1.82) is 5.26 Å². The van der Waals surface area contributed by atoms with Crippen molar-refractivity contribution in [2.24, 2.45) is 11.8 Å². The molecular weight excluding hydrogens is 295 g/mol. The van der Waals surface area contributed by atoms with Gasteiger partial charge in [-0.15, -0.1) is 29.8 Å². The Hall–Kier alpha value is -0.186. The van der Waals surface area contributed by atoms with Crippen LogP contribution in [0.1, 0.15) is 50.2 Å². The van der Waals surface area contributed by atoms with Gasteiger partial charge in [0.1, 0.15) is 0 Å². The van der Waals surface area contributed by atoms with Gasteiger partial charge in [0.25, 0.3) is 0 Å². The zero-order valence-corrected chi connectivity index (χ0v) is 14.0. The molecule has 0 saturated heterocycles. The molecule has 0 atom stereocenters. The molecular formula is C16H20NY-. The molecule has 1 radical (unpaired) electrons. The molecule has 1 aliphatic carbocycles. The quantitative estimate of drug-likeness (QED) is 0.770. The largest absolute Gasteiger partial charge is 0.262 e. The first-order chi connectivity index (χ1) is 8.28. The van der Waals surface area contributed by atoms with Gasteiger partial charge >= 0.3 is 0 Å². The fourth-order valence-corrected chi connectivity index (χ4v) is 2.67. The van der Waals surface area contributed by atoms with Crippen LogP contribution < -0.4 is 0 Å². The molecule has 0 aromatic heterocycles. The molecule has 18 heavy (non-hydrogen) atoms. The third-order valence-electron chi connectivity index (χ3n) is 3.97. The molecule has 1 saturated carbocycles. The van der Waals surface area contributed by atoms with Crippen molar-refractivity contribution in [2.45, 2.75) is 45.4 Å². The van der Waals surface area contributed by atoms with E-state index in [2.05, 4.69) is 25.1 Å². The van der Waals surface area contributed by atoms with Gasteiger partial charge in [-0.1, -0.05) is 51.0 Å². The number of rotatable bonds is 3. The Morgan fingerprint density at radius 1 is 1.28 bits per heavy atom. The number of nitrogens with zero attached hydrogens (tertiary/aromatic N) is 1. The standard InChI is InChI=1S/C16H20N.Y/c1-13-2-4-14(5-3-13)6-7-15-8-10-16(12-17)11-9-15;/h8-10,13-14H,2-7H2,1H3;/q-1;. The minimum absolute atomic E-state index is 0. The van der Waals surface area contributed by atoms with Crippen LogP contribution in [0, 0.1) is 29.2 Å². The summed E-state index contributed by atoms with van der Waals surface area (Å²) in [7, 11) is 0. The Balaban J connectivity index is 0.00000162. The Morgan fingerprint density at radius 2 is 2.00 bits per heavy atom. The summed E-state index contributed by atoms with van der Waals surface area (Å²) < 4.78 is 0. The summed E-state index contributed by atoms with van der Waals surface area (Å²) in [5, 5.41) is 8.71. The fourth-order valence-electron chi connectivity index (χ4n) is 2.67. The van der Waals surface area contributed by atoms with Gasteiger partial charge in [-0.2, -0.15) is 0 Å². The summed E-state index contributed by atoms with van der Waals surface area (Å²) in [4.78, 5) is 0. The topological polar surface area (TPSA) is 23.8 Å². The van der Waals surface area contributed by atoms with E-state index in [9.17, 15) is 0 Å². The molecule has 1 nitrogen and oxygen atoms in total.